The summed E-state index contributed by atoms with van der Waals surface area (Å²) in [6.45, 7) is 2.05. The summed E-state index contributed by atoms with van der Waals surface area (Å²) in [5, 5.41) is 10.4. The number of aromatic nitrogens is 5. The molecule has 0 aliphatic heterocycles. The lowest BCUT2D eigenvalue weighted by Crippen LogP contribution is -2.37. The average Bonchev–Trinajstić information content (AvgIpc) is 3.05. The van der Waals surface area contributed by atoms with Gasteiger partial charge in [-0.05, 0) is 24.6 Å². The number of para-hydroxylation sites is 1. The highest BCUT2D eigenvalue weighted by molar-refractivity contribution is 7.98. The van der Waals surface area contributed by atoms with Gasteiger partial charge >= 0.3 is 5.69 Å². The molecule has 3 aromatic heterocycles. The van der Waals surface area contributed by atoms with Crippen LogP contribution in [-0.4, -0.2) is 23.7 Å². The first-order valence-corrected chi connectivity index (χ1v) is 9.08. The number of rotatable bonds is 3. The Morgan fingerprint density at radius 3 is 2.62 bits per heavy atom. The Morgan fingerprint density at radius 2 is 1.81 bits per heavy atom. The second-order valence-electron chi connectivity index (χ2n) is 6.18. The van der Waals surface area contributed by atoms with Crippen LogP contribution in [0.4, 0.5) is 0 Å². The van der Waals surface area contributed by atoms with E-state index in [1.54, 1.807) is 7.05 Å². The third kappa shape index (κ3) is 2.53. The van der Waals surface area contributed by atoms with Crippen LogP contribution in [0.15, 0.2) is 51.1 Å². The Bertz CT molecular complexity index is 1270. The third-order valence-corrected chi connectivity index (χ3v) is 5.51. The molecule has 0 radical (unpaired) electrons. The zero-order chi connectivity index (χ0) is 18.4. The molecular weight excluding hydrogens is 350 g/mol. The van der Waals surface area contributed by atoms with Crippen LogP contribution in [-0.2, 0) is 19.8 Å². The Balaban J connectivity index is 1.79. The van der Waals surface area contributed by atoms with Gasteiger partial charge in [0.25, 0.3) is 5.56 Å². The number of benzene rings is 1. The summed E-state index contributed by atoms with van der Waals surface area (Å²) >= 11 is 1.45. The van der Waals surface area contributed by atoms with Crippen LogP contribution < -0.4 is 11.2 Å². The van der Waals surface area contributed by atoms with Gasteiger partial charge in [0.05, 0.1) is 5.52 Å². The van der Waals surface area contributed by atoms with Gasteiger partial charge in [-0.2, -0.15) is 0 Å². The maximum absolute atomic E-state index is 12.1. The lowest BCUT2D eigenvalue weighted by Gasteiger charge is -2.09. The van der Waals surface area contributed by atoms with Crippen molar-refractivity contribution in [3.05, 3.63) is 68.5 Å². The number of hydrogen-bond acceptors (Lipinski definition) is 5. The molecule has 0 saturated heterocycles. The third-order valence-electron chi connectivity index (χ3n) is 4.55. The van der Waals surface area contributed by atoms with Gasteiger partial charge in [-0.3, -0.25) is 18.3 Å². The van der Waals surface area contributed by atoms with Crippen LogP contribution in [0, 0.1) is 6.92 Å². The molecule has 0 bridgehead atoms. The molecule has 0 aliphatic rings. The molecule has 4 aromatic rings. The van der Waals surface area contributed by atoms with E-state index in [2.05, 4.69) is 23.2 Å². The molecule has 0 spiro atoms. The highest BCUT2D eigenvalue weighted by atomic mass is 32.2. The van der Waals surface area contributed by atoms with Gasteiger partial charge in [-0.1, -0.05) is 30.0 Å². The lowest BCUT2D eigenvalue weighted by molar-refractivity contribution is 0.665. The standard InChI is InChI=1S/C18H17N5O2S/c1-11-8-15-19-20-17(23(15)14-7-5-4-6-13(11)14)26-10-12-9-16(24)22(3)18(25)21(12)2/h4-9H,10H2,1-3H3. The predicted molar refractivity (Wildman–Crippen MR) is 102 cm³/mol. The molecule has 0 N–H and O–H groups in total. The highest BCUT2D eigenvalue weighted by Gasteiger charge is 2.13. The van der Waals surface area contributed by atoms with Crippen molar-refractivity contribution in [3.8, 4) is 0 Å². The van der Waals surface area contributed by atoms with Crippen LogP contribution in [0.2, 0.25) is 0 Å². The van der Waals surface area contributed by atoms with Crippen molar-refractivity contribution in [1.82, 2.24) is 23.7 Å². The molecule has 0 saturated carbocycles. The second-order valence-corrected chi connectivity index (χ2v) is 7.13. The summed E-state index contributed by atoms with van der Waals surface area (Å²) in [7, 11) is 3.14. The van der Waals surface area contributed by atoms with E-state index in [4.69, 9.17) is 0 Å². The second kappa shape index (κ2) is 6.14. The Labute approximate surface area is 152 Å². The first-order valence-electron chi connectivity index (χ1n) is 8.09. The Hall–Kier alpha value is -2.87. The van der Waals surface area contributed by atoms with E-state index < -0.39 is 0 Å². The van der Waals surface area contributed by atoms with E-state index in [0.29, 0.717) is 11.4 Å². The van der Waals surface area contributed by atoms with E-state index in [9.17, 15) is 9.59 Å². The average molecular weight is 367 g/mol. The van der Waals surface area contributed by atoms with E-state index >= 15 is 0 Å². The van der Waals surface area contributed by atoms with E-state index in [-0.39, 0.29) is 11.2 Å². The molecule has 0 atom stereocenters. The van der Waals surface area contributed by atoms with E-state index in [0.717, 1.165) is 31.8 Å². The number of aryl methyl sites for hydroxylation is 1. The molecule has 1 aromatic carbocycles. The van der Waals surface area contributed by atoms with Crippen molar-refractivity contribution < 1.29 is 0 Å². The fourth-order valence-electron chi connectivity index (χ4n) is 3.02. The highest BCUT2D eigenvalue weighted by Crippen LogP contribution is 2.27. The van der Waals surface area contributed by atoms with Crippen molar-refractivity contribution in [1.29, 1.82) is 0 Å². The summed E-state index contributed by atoms with van der Waals surface area (Å²) < 4.78 is 4.59. The van der Waals surface area contributed by atoms with E-state index in [1.165, 1.54) is 29.4 Å². The molecule has 0 aliphatic carbocycles. The zero-order valence-corrected chi connectivity index (χ0v) is 15.4. The van der Waals surface area contributed by atoms with Gasteiger partial charge in [0.2, 0.25) is 0 Å². The number of hydrogen-bond donors (Lipinski definition) is 0. The van der Waals surface area contributed by atoms with Crippen LogP contribution in [0.1, 0.15) is 11.3 Å². The smallest absolute Gasteiger partial charge is 0.300 e. The zero-order valence-electron chi connectivity index (χ0n) is 14.6. The number of pyridine rings is 1. The monoisotopic (exact) mass is 367 g/mol. The predicted octanol–water partition coefficient (Wildman–Crippen LogP) is 1.88. The number of thioether (sulfide) groups is 1. The van der Waals surface area contributed by atoms with Crippen LogP contribution in [0.3, 0.4) is 0 Å². The van der Waals surface area contributed by atoms with E-state index in [1.807, 2.05) is 28.7 Å². The maximum Gasteiger partial charge on any atom is 0.330 e. The van der Waals surface area contributed by atoms with Crippen molar-refractivity contribution in [2.45, 2.75) is 17.8 Å². The van der Waals surface area contributed by atoms with Gasteiger partial charge in [0, 0.05) is 37.0 Å². The fraction of sp³-hybridized carbons (Fsp3) is 0.222. The molecule has 8 heteroatoms. The molecular formula is C18H17N5O2S. The van der Waals surface area contributed by atoms with Gasteiger partial charge in [0.1, 0.15) is 0 Å². The summed E-state index contributed by atoms with van der Waals surface area (Å²) in [6.07, 6.45) is 0. The summed E-state index contributed by atoms with van der Waals surface area (Å²) in [4.78, 5) is 24.0. The number of fused-ring (bicyclic) bond motifs is 3. The van der Waals surface area contributed by atoms with Crippen LogP contribution >= 0.6 is 11.8 Å². The normalized spacial score (nSPS) is 11.5. The molecule has 3 heterocycles. The van der Waals surface area contributed by atoms with Crippen molar-refractivity contribution in [2.24, 2.45) is 14.1 Å². The topological polar surface area (TPSA) is 74.2 Å². The first kappa shape index (κ1) is 16.6. The molecule has 0 amide bonds. The minimum Gasteiger partial charge on any atom is -0.300 e. The van der Waals surface area contributed by atoms with Gasteiger partial charge < -0.3 is 0 Å². The Morgan fingerprint density at radius 1 is 1.04 bits per heavy atom. The quantitative estimate of drug-likeness (QED) is 0.517. The molecule has 4 rings (SSSR count). The molecule has 7 nitrogen and oxygen atoms in total. The Kier molecular flexibility index (Phi) is 3.91. The molecule has 26 heavy (non-hydrogen) atoms. The summed E-state index contributed by atoms with van der Waals surface area (Å²) in [6, 6.07) is 11.6. The molecule has 132 valence electrons. The van der Waals surface area contributed by atoms with Crippen molar-refractivity contribution in [3.63, 3.8) is 0 Å². The summed E-state index contributed by atoms with van der Waals surface area (Å²) in [5.41, 5.74) is 2.97. The largest absolute Gasteiger partial charge is 0.330 e. The lowest BCUT2D eigenvalue weighted by atomic mass is 10.1. The summed E-state index contributed by atoms with van der Waals surface area (Å²) in [5.74, 6) is 0.449. The van der Waals surface area contributed by atoms with Crippen molar-refractivity contribution in [2.75, 3.05) is 0 Å². The minimum absolute atomic E-state index is 0.309. The minimum atomic E-state index is -0.333. The van der Waals surface area contributed by atoms with Gasteiger partial charge in [-0.15, -0.1) is 10.2 Å². The SMILES string of the molecule is Cc1cc2nnc(SCc3cc(=O)n(C)c(=O)n3C)n2c2ccccc12. The van der Waals surface area contributed by atoms with Gasteiger partial charge in [0.15, 0.2) is 10.8 Å². The van der Waals surface area contributed by atoms with Gasteiger partial charge in [-0.25, -0.2) is 4.79 Å². The first-order chi connectivity index (χ1) is 12.5. The molecule has 0 unspecified atom stereocenters. The maximum atomic E-state index is 12.1. The fourth-order valence-corrected chi connectivity index (χ4v) is 4.00. The molecule has 0 fully saturated rings. The van der Waals surface area contributed by atoms with Crippen LogP contribution in [0.25, 0.3) is 16.6 Å². The van der Waals surface area contributed by atoms with Crippen molar-refractivity contribution >= 4 is 28.3 Å². The number of nitrogens with zero attached hydrogens (tertiary/aromatic N) is 5. The van der Waals surface area contributed by atoms with Crippen LogP contribution in [0.5, 0.6) is 0 Å².